The van der Waals surface area contributed by atoms with Crippen molar-refractivity contribution >= 4 is 11.9 Å². The summed E-state index contributed by atoms with van der Waals surface area (Å²) >= 11 is 0. The molecule has 0 atom stereocenters. The van der Waals surface area contributed by atoms with Gasteiger partial charge < -0.3 is 19.6 Å². The molecule has 0 radical (unpaired) electrons. The van der Waals surface area contributed by atoms with Crippen molar-refractivity contribution in [1.82, 2.24) is 5.32 Å². The Balaban J connectivity index is 1.78. The van der Waals surface area contributed by atoms with Crippen LogP contribution in [0, 0.1) is 6.92 Å². The maximum absolute atomic E-state index is 11.8. The number of benzene rings is 1. The average molecular weight is 303 g/mol. The molecule has 2 N–H and O–H groups in total. The Bertz CT molecular complexity index is 645. The Hall–Kier alpha value is -2.76. The van der Waals surface area contributed by atoms with E-state index in [-0.39, 0.29) is 12.5 Å². The van der Waals surface area contributed by atoms with Crippen LogP contribution >= 0.6 is 0 Å². The summed E-state index contributed by atoms with van der Waals surface area (Å²) < 4.78 is 10.2. The Morgan fingerprint density at radius 3 is 2.55 bits per heavy atom. The summed E-state index contributed by atoms with van der Waals surface area (Å²) in [4.78, 5) is 22.2. The number of aliphatic carboxylic acids is 1. The molecule has 0 fully saturated rings. The summed E-state index contributed by atoms with van der Waals surface area (Å²) in [7, 11) is 0. The number of rotatable bonds is 7. The van der Waals surface area contributed by atoms with E-state index in [1.54, 1.807) is 18.2 Å². The van der Waals surface area contributed by atoms with Crippen LogP contribution in [0.25, 0.3) is 0 Å². The topological polar surface area (TPSA) is 88.8 Å². The van der Waals surface area contributed by atoms with E-state index in [1.165, 1.54) is 6.26 Å². The largest absolute Gasteiger partial charge is 0.482 e. The van der Waals surface area contributed by atoms with Gasteiger partial charge in [-0.3, -0.25) is 4.79 Å². The Labute approximate surface area is 127 Å². The molecule has 0 unspecified atom stereocenters. The van der Waals surface area contributed by atoms with Crippen LogP contribution < -0.4 is 10.1 Å². The second-order valence-electron chi connectivity index (χ2n) is 4.77. The molecule has 0 saturated carbocycles. The highest BCUT2D eigenvalue weighted by atomic mass is 16.5. The van der Waals surface area contributed by atoms with Gasteiger partial charge in [0.1, 0.15) is 5.75 Å². The number of ether oxygens (including phenoxy) is 1. The van der Waals surface area contributed by atoms with E-state index in [9.17, 15) is 9.59 Å². The minimum absolute atomic E-state index is 0.232. The van der Waals surface area contributed by atoms with Crippen LogP contribution in [0.1, 0.15) is 21.7 Å². The predicted octanol–water partition coefficient (Wildman–Crippen LogP) is 2.02. The van der Waals surface area contributed by atoms with Crippen LogP contribution in [0.5, 0.6) is 5.75 Å². The zero-order valence-electron chi connectivity index (χ0n) is 12.2. The number of hydrogen-bond acceptors (Lipinski definition) is 4. The molecule has 1 amide bonds. The number of carbonyl (C=O) groups is 2. The van der Waals surface area contributed by atoms with E-state index in [2.05, 4.69) is 5.32 Å². The van der Waals surface area contributed by atoms with Gasteiger partial charge in [0.05, 0.1) is 6.26 Å². The molecule has 0 aliphatic carbocycles. The van der Waals surface area contributed by atoms with Crippen molar-refractivity contribution in [3.8, 4) is 5.75 Å². The molecule has 1 heterocycles. The van der Waals surface area contributed by atoms with E-state index in [1.807, 2.05) is 19.1 Å². The first kappa shape index (κ1) is 15.6. The molecule has 116 valence electrons. The van der Waals surface area contributed by atoms with E-state index in [0.717, 1.165) is 11.1 Å². The van der Waals surface area contributed by atoms with Gasteiger partial charge >= 0.3 is 5.97 Å². The number of nitrogens with one attached hydrogen (secondary N) is 1. The van der Waals surface area contributed by atoms with E-state index < -0.39 is 5.97 Å². The lowest BCUT2D eigenvalue weighted by atomic mass is 10.1. The maximum Gasteiger partial charge on any atom is 0.341 e. The summed E-state index contributed by atoms with van der Waals surface area (Å²) in [6.45, 7) is 1.93. The molecule has 0 aliphatic heterocycles. The minimum atomic E-state index is -1.01. The molecule has 2 aromatic rings. The van der Waals surface area contributed by atoms with Crippen LogP contribution in [0.15, 0.2) is 41.0 Å². The summed E-state index contributed by atoms with van der Waals surface area (Å²) in [5, 5.41) is 11.3. The molecule has 0 bridgehead atoms. The van der Waals surface area contributed by atoms with Crippen LogP contribution in [0.4, 0.5) is 0 Å². The van der Waals surface area contributed by atoms with Crippen molar-refractivity contribution in [2.45, 2.75) is 13.3 Å². The third-order valence-electron chi connectivity index (χ3n) is 3.05. The highest BCUT2D eigenvalue weighted by Gasteiger charge is 2.11. The zero-order chi connectivity index (χ0) is 15.9. The van der Waals surface area contributed by atoms with Gasteiger partial charge in [-0.05, 0) is 37.1 Å². The molecular formula is C16H17NO5. The van der Waals surface area contributed by atoms with Gasteiger partial charge in [-0.15, -0.1) is 0 Å². The SMILES string of the molecule is Cc1ccoc1C(=O)NCCc1ccc(OCC(=O)O)cc1. The molecule has 1 aromatic heterocycles. The van der Waals surface area contributed by atoms with Gasteiger partial charge in [0.2, 0.25) is 0 Å². The fourth-order valence-electron chi connectivity index (χ4n) is 1.90. The van der Waals surface area contributed by atoms with Crippen molar-refractivity contribution in [2.75, 3.05) is 13.2 Å². The number of carbonyl (C=O) groups excluding carboxylic acids is 1. The summed E-state index contributed by atoms with van der Waals surface area (Å²) in [5.41, 5.74) is 1.82. The summed E-state index contributed by atoms with van der Waals surface area (Å²) in [6, 6.07) is 8.82. The minimum Gasteiger partial charge on any atom is -0.482 e. The highest BCUT2D eigenvalue weighted by Crippen LogP contribution is 2.12. The molecule has 0 aliphatic rings. The molecular weight excluding hydrogens is 286 g/mol. The Morgan fingerprint density at radius 2 is 1.95 bits per heavy atom. The monoisotopic (exact) mass is 303 g/mol. The average Bonchev–Trinajstić information content (AvgIpc) is 2.92. The quantitative estimate of drug-likeness (QED) is 0.817. The standard InChI is InChI=1S/C16H17NO5/c1-11-7-9-21-15(11)16(20)17-8-6-12-2-4-13(5-3-12)22-10-14(18)19/h2-5,7,9H,6,8,10H2,1H3,(H,17,20)(H,18,19). The Morgan fingerprint density at radius 1 is 1.23 bits per heavy atom. The molecule has 6 nitrogen and oxygen atoms in total. The van der Waals surface area contributed by atoms with Crippen LogP contribution in [0.3, 0.4) is 0 Å². The summed E-state index contributed by atoms with van der Waals surface area (Å²) in [5.74, 6) is -0.414. The highest BCUT2D eigenvalue weighted by molar-refractivity contribution is 5.92. The lowest BCUT2D eigenvalue weighted by molar-refractivity contribution is -0.139. The lowest BCUT2D eigenvalue weighted by Gasteiger charge is -2.06. The second-order valence-corrected chi connectivity index (χ2v) is 4.77. The van der Waals surface area contributed by atoms with Gasteiger partial charge in [-0.1, -0.05) is 12.1 Å². The molecule has 1 aromatic carbocycles. The van der Waals surface area contributed by atoms with E-state index in [0.29, 0.717) is 24.5 Å². The normalized spacial score (nSPS) is 10.2. The smallest absolute Gasteiger partial charge is 0.341 e. The van der Waals surface area contributed by atoms with Crippen molar-refractivity contribution in [3.63, 3.8) is 0 Å². The van der Waals surface area contributed by atoms with Crippen molar-refractivity contribution in [2.24, 2.45) is 0 Å². The maximum atomic E-state index is 11.8. The van der Waals surface area contributed by atoms with Gasteiger partial charge in [0.15, 0.2) is 12.4 Å². The molecule has 6 heteroatoms. The van der Waals surface area contributed by atoms with Crippen molar-refractivity contribution in [1.29, 1.82) is 0 Å². The fraction of sp³-hybridized carbons (Fsp3) is 0.250. The first-order valence-electron chi connectivity index (χ1n) is 6.82. The second kappa shape index (κ2) is 7.31. The van der Waals surface area contributed by atoms with Crippen LogP contribution in [0.2, 0.25) is 0 Å². The molecule has 22 heavy (non-hydrogen) atoms. The number of hydrogen-bond donors (Lipinski definition) is 2. The van der Waals surface area contributed by atoms with Crippen molar-refractivity contribution in [3.05, 3.63) is 53.5 Å². The third kappa shape index (κ3) is 4.37. The first-order chi connectivity index (χ1) is 10.6. The van der Waals surface area contributed by atoms with Crippen molar-refractivity contribution < 1.29 is 23.8 Å². The molecule has 2 rings (SSSR count). The number of carboxylic acids is 1. The Kier molecular flexibility index (Phi) is 5.19. The van der Waals surface area contributed by atoms with E-state index >= 15 is 0 Å². The zero-order valence-corrected chi connectivity index (χ0v) is 12.2. The third-order valence-corrected chi connectivity index (χ3v) is 3.05. The fourth-order valence-corrected chi connectivity index (χ4v) is 1.90. The number of amides is 1. The van der Waals surface area contributed by atoms with Gasteiger partial charge in [0.25, 0.3) is 5.91 Å². The molecule has 0 saturated heterocycles. The number of carboxylic acid groups (broad SMARTS) is 1. The van der Waals surface area contributed by atoms with E-state index in [4.69, 9.17) is 14.3 Å². The first-order valence-corrected chi connectivity index (χ1v) is 6.82. The van der Waals surface area contributed by atoms with Gasteiger partial charge in [-0.25, -0.2) is 4.79 Å². The van der Waals surface area contributed by atoms with Gasteiger partial charge in [-0.2, -0.15) is 0 Å². The van der Waals surface area contributed by atoms with Gasteiger partial charge in [0, 0.05) is 12.1 Å². The van der Waals surface area contributed by atoms with Crippen LogP contribution in [-0.2, 0) is 11.2 Å². The summed E-state index contributed by atoms with van der Waals surface area (Å²) in [6.07, 6.45) is 2.14. The predicted molar refractivity (Wildman–Crippen MR) is 79.1 cm³/mol. The number of furan rings is 1. The van der Waals surface area contributed by atoms with Crippen LogP contribution in [-0.4, -0.2) is 30.1 Å². The molecule has 0 spiro atoms. The number of aryl methyl sites for hydroxylation is 1. The lowest BCUT2D eigenvalue weighted by Crippen LogP contribution is -2.25.